The van der Waals surface area contributed by atoms with Crippen molar-refractivity contribution in [2.45, 2.75) is 33.2 Å². The first-order valence-corrected chi connectivity index (χ1v) is 9.51. The normalized spacial score (nSPS) is 11.8. The first-order chi connectivity index (χ1) is 13.4. The first-order valence-electron chi connectivity index (χ1n) is 9.51. The molecule has 1 unspecified atom stereocenters. The van der Waals surface area contributed by atoms with E-state index in [4.69, 9.17) is 0 Å². The van der Waals surface area contributed by atoms with Crippen molar-refractivity contribution < 1.29 is 14.0 Å². The third-order valence-corrected chi connectivity index (χ3v) is 4.27. The minimum absolute atomic E-state index is 0.112. The van der Waals surface area contributed by atoms with Crippen LogP contribution in [0.1, 0.15) is 38.8 Å². The highest BCUT2D eigenvalue weighted by atomic mass is 19.1. The van der Waals surface area contributed by atoms with E-state index in [1.54, 1.807) is 17.0 Å². The summed E-state index contributed by atoms with van der Waals surface area (Å²) in [7, 11) is 0. The highest BCUT2D eigenvalue weighted by Gasteiger charge is 2.18. The highest BCUT2D eigenvalue weighted by Crippen LogP contribution is 2.14. The van der Waals surface area contributed by atoms with E-state index >= 15 is 0 Å². The van der Waals surface area contributed by atoms with Gasteiger partial charge in [0.25, 0.3) is 0 Å². The minimum Gasteiger partial charge on any atom is -0.350 e. The van der Waals surface area contributed by atoms with Gasteiger partial charge in [-0.25, -0.2) is 9.18 Å². The molecule has 5 nitrogen and oxygen atoms in total. The van der Waals surface area contributed by atoms with Crippen molar-refractivity contribution in [3.63, 3.8) is 0 Å². The number of rotatable bonds is 8. The molecule has 0 spiro atoms. The Labute approximate surface area is 165 Å². The van der Waals surface area contributed by atoms with Gasteiger partial charge >= 0.3 is 6.03 Å². The van der Waals surface area contributed by atoms with Crippen LogP contribution in [0.4, 0.5) is 14.9 Å². The molecule has 0 saturated heterocycles. The Kier molecular flexibility index (Phi) is 7.99. The summed E-state index contributed by atoms with van der Waals surface area (Å²) >= 11 is 0. The Morgan fingerprint density at radius 2 is 1.64 bits per heavy atom. The van der Waals surface area contributed by atoms with Gasteiger partial charge in [-0.1, -0.05) is 56.3 Å². The molecule has 2 N–H and O–H groups in total. The molecule has 2 aromatic carbocycles. The summed E-state index contributed by atoms with van der Waals surface area (Å²) in [5, 5.41) is 5.53. The first kappa shape index (κ1) is 21.4. The Hall–Kier alpha value is -2.89. The number of urea groups is 1. The summed E-state index contributed by atoms with van der Waals surface area (Å²) in [5.41, 5.74) is 1.15. The maximum Gasteiger partial charge on any atom is 0.321 e. The molecule has 0 aromatic heterocycles. The molecule has 0 heterocycles. The Morgan fingerprint density at radius 3 is 2.29 bits per heavy atom. The molecule has 150 valence electrons. The van der Waals surface area contributed by atoms with Gasteiger partial charge in [0, 0.05) is 19.5 Å². The zero-order valence-electron chi connectivity index (χ0n) is 16.6. The fourth-order valence-electron chi connectivity index (χ4n) is 2.85. The Morgan fingerprint density at radius 1 is 1.00 bits per heavy atom. The molecule has 0 saturated carbocycles. The number of benzene rings is 2. The summed E-state index contributed by atoms with van der Waals surface area (Å²) in [4.78, 5) is 26.4. The van der Waals surface area contributed by atoms with Gasteiger partial charge in [0.2, 0.25) is 5.91 Å². The van der Waals surface area contributed by atoms with Crippen LogP contribution in [0.5, 0.6) is 0 Å². The predicted octanol–water partition coefficient (Wildman–Crippen LogP) is 4.58. The molecular formula is C22H28FN3O2. The van der Waals surface area contributed by atoms with Gasteiger partial charge < -0.3 is 15.5 Å². The average molecular weight is 385 g/mol. The second-order valence-corrected chi connectivity index (χ2v) is 7.20. The van der Waals surface area contributed by atoms with E-state index in [2.05, 4.69) is 10.6 Å². The smallest absolute Gasteiger partial charge is 0.321 e. The molecule has 2 rings (SSSR count). The van der Waals surface area contributed by atoms with Crippen LogP contribution in [0.25, 0.3) is 0 Å². The molecule has 28 heavy (non-hydrogen) atoms. The minimum atomic E-state index is -0.491. The monoisotopic (exact) mass is 385 g/mol. The topological polar surface area (TPSA) is 61.4 Å². The highest BCUT2D eigenvalue weighted by molar-refractivity contribution is 5.89. The summed E-state index contributed by atoms with van der Waals surface area (Å²) in [6.45, 7) is 6.62. The molecule has 0 fully saturated rings. The number of carbonyl (C=O) groups excluding carboxylic acids is 2. The molecule has 0 radical (unpaired) electrons. The van der Waals surface area contributed by atoms with E-state index in [9.17, 15) is 14.0 Å². The van der Waals surface area contributed by atoms with Crippen molar-refractivity contribution in [2.75, 3.05) is 18.4 Å². The van der Waals surface area contributed by atoms with Gasteiger partial charge in [-0.15, -0.1) is 0 Å². The quantitative estimate of drug-likeness (QED) is 0.698. The maximum atomic E-state index is 13.8. The van der Waals surface area contributed by atoms with Crippen LogP contribution < -0.4 is 10.6 Å². The van der Waals surface area contributed by atoms with Gasteiger partial charge in [0.1, 0.15) is 5.82 Å². The zero-order chi connectivity index (χ0) is 20.5. The number of amides is 3. The number of para-hydroxylation sites is 1. The number of anilines is 1. The lowest BCUT2D eigenvalue weighted by atomic mass is 10.1. The van der Waals surface area contributed by atoms with Crippen molar-refractivity contribution >= 4 is 17.6 Å². The van der Waals surface area contributed by atoms with E-state index in [0.29, 0.717) is 6.54 Å². The molecule has 0 aliphatic heterocycles. The van der Waals surface area contributed by atoms with Crippen molar-refractivity contribution in [3.8, 4) is 0 Å². The van der Waals surface area contributed by atoms with Crippen LogP contribution in [0.3, 0.4) is 0 Å². The summed E-state index contributed by atoms with van der Waals surface area (Å²) in [6.07, 6.45) is 0.175. The van der Waals surface area contributed by atoms with Crippen molar-refractivity contribution in [3.05, 3.63) is 66.0 Å². The molecule has 0 bridgehead atoms. The van der Waals surface area contributed by atoms with Crippen LogP contribution in [-0.2, 0) is 4.79 Å². The fourth-order valence-corrected chi connectivity index (χ4v) is 2.85. The SMILES string of the molecule is CC(C)CN(CCC(=O)NC(C)c1ccccc1)C(=O)Nc1ccccc1F. The number of halogens is 1. The predicted molar refractivity (Wildman–Crippen MR) is 109 cm³/mol. The summed E-state index contributed by atoms with van der Waals surface area (Å²) in [6, 6.07) is 15.2. The summed E-state index contributed by atoms with van der Waals surface area (Å²) in [5.74, 6) is -0.406. The number of nitrogens with zero attached hydrogens (tertiary/aromatic N) is 1. The van der Waals surface area contributed by atoms with Crippen LogP contribution in [0.2, 0.25) is 0 Å². The standard InChI is InChI=1S/C22H28FN3O2/c1-16(2)15-26(22(28)25-20-12-8-7-11-19(20)23)14-13-21(27)24-17(3)18-9-5-4-6-10-18/h4-12,16-17H,13-15H2,1-3H3,(H,24,27)(H,25,28). The van der Waals surface area contributed by atoms with E-state index in [-0.39, 0.29) is 36.5 Å². The Balaban J connectivity index is 1.93. The molecule has 0 aliphatic carbocycles. The van der Waals surface area contributed by atoms with Gasteiger partial charge in [-0.2, -0.15) is 0 Å². The fraction of sp³-hybridized carbons (Fsp3) is 0.364. The second-order valence-electron chi connectivity index (χ2n) is 7.20. The molecular weight excluding hydrogens is 357 g/mol. The molecule has 3 amide bonds. The molecule has 0 aliphatic rings. The van der Waals surface area contributed by atoms with Gasteiger partial charge in [0.05, 0.1) is 11.7 Å². The zero-order valence-corrected chi connectivity index (χ0v) is 16.6. The van der Waals surface area contributed by atoms with Gasteiger partial charge in [0.15, 0.2) is 0 Å². The maximum absolute atomic E-state index is 13.8. The number of hydrogen-bond donors (Lipinski definition) is 2. The van der Waals surface area contributed by atoms with E-state index in [1.807, 2.05) is 51.1 Å². The largest absolute Gasteiger partial charge is 0.350 e. The van der Waals surface area contributed by atoms with E-state index in [0.717, 1.165) is 5.56 Å². The van der Waals surface area contributed by atoms with Crippen molar-refractivity contribution in [1.82, 2.24) is 10.2 Å². The van der Waals surface area contributed by atoms with Crippen molar-refractivity contribution in [1.29, 1.82) is 0 Å². The van der Waals surface area contributed by atoms with E-state index < -0.39 is 11.8 Å². The third kappa shape index (κ3) is 6.68. The van der Waals surface area contributed by atoms with Crippen LogP contribution in [0, 0.1) is 11.7 Å². The number of hydrogen-bond acceptors (Lipinski definition) is 2. The van der Waals surface area contributed by atoms with Crippen molar-refractivity contribution in [2.24, 2.45) is 5.92 Å². The lowest BCUT2D eigenvalue weighted by Crippen LogP contribution is -2.40. The summed E-state index contributed by atoms with van der Waals surface area (Å²) < 4.78 is 13.8. The van der Waals surface area contributed by atoms with E-state index in [1.165, 1.54) is 12.1 Å². The Bertz CT molecular complexity index is 780. The third-order valence-electron chi connectivity index (χ3n) is 4.27. The lowest BCUT2D eigenvalue weighted by Gasteiger charge is -2.25. The van der Waals surface area contributed by atoms with Crippen LogP contribution in [-0.4, -0.2) is 29.9 Å². The molecule has 1 atom stereocenters. The average Bonchev–Trinajstić information content (AvgIpc) is 2.67. The molecule has 2 aromatic rings. The lowest BCUT2D eigenvalue weighted by molar-refractivity contribution is -0.121. The molecule has 6 heteroatoms. The number of nitrogens with one attached hydrogen (secondary N) is 2. The van der Waals surface area contributed by atoms with Crippen LogP contribution in [0.15, 0.2) is 54.6 Å². The van der Waals surface area contributed by atoms with Crippen LogP contribution >= 0.6 is 0 Å². The van der Waals surface area contributed by atoms with Gasteiger partial charge in [-0.05, 0) is 30.5 Å². The number of carbonyl (C=O) groups is 2. The van der Waals surface area contributed by atoms with Gasteiger partial charge in [-0.3, -0.25) is 4.79 Å². The second kappa shape index (κ2) is 10.4.